The molecule has 70 valence electrons. The van der Waals surface area contributed by atoms with Crippen molar-refractivity contribution in [3.05, 3.63) is 35.6 Å². The Balaban J connectivity index is 2.16. The van der Waals surface area contributed by atoms with Gasteiger partial charge in [-0.1, -0.05) is 18.2 Å². The summed E-state index contributed by atoms with van der Waals surface area (Å²) in [4.78, 5) is 0. The molecule has 1 aromatic rings. The smallest absolute Gasteiger partial charge is 0.126 e. The van der Waals surface area contributed by atoms with Gasteiger partial charge in [0.15, 0.2) is 0 Å². The lowest BCUT2D eigenvalue weighted by atomic mass is 10.1. The summed E-state index contributed by atoms with van der Waals surface area (Å²) in [5.74, 6) is 0.355. The van der Waals surface area contributed by atoms with Gasteiger partial charge in [-0.3, -0.25) is 0 Å². The van der Waals surface area contributed by atoms with Crippen LogP contribution in [-0.4, -0.2) is 11.2 Å². The van der Waals surface area contributed by atoms with Crippen molar-refractivity contribution in [1.29, 1.82) is 0 Å². The van der Waals surface area contributed by atoms with Crippen molar-refractivity contribution in [2.45, 2.75) is 25.4 Å². The Bertz CT molecular complexity index is 309. The molecule has 1 fully saturated rings. The fourth-order valence-corrected chi connectivity index (χ4v) is 1.88. The van der Waals surface area contributed by atoms with Gasteiger partial charge in [0.2, 0.25) is 0 Å². The van der Waals surface area contributed by atoms with E-state index in [0.29, 0.717) is 0 Å². The Hall–Kier alpha value is -0.890. The molecular formula is C11H13FO. The van der Waals surface area contributed by atoms with Crippen molar-refractivity contribution in [2.24, 2.45) is 5.92 Å². The average Bonchev–Trinajstić information content (AvgIpc) is 2.84. The molecule has 0 saturated heterocycles. The first kappa shape index (κ1) is 8.70. The maximum absolute atomic E-state index is 13.2. The molecule has 1 N–H and O–H groups in total. The van der Waals surface area contributed by atoms with E-state index in [-0.39, 0.29) is 23.8 Å². The molecule has 3 atom stereocenters. The highest BCUT2D eigenvalue weighted by Gasteiger charge is 2.42. The number of aliphatic hydroxyl groups excluding tert-OH is 1. The van der Waals surface area contributed by atoms with Gasteiger partial charge in [-0.15, -0.1) is 0 Å². The minimum atomic E-state index is -0.315. The van der Waals surface area contributed by atoms with E-state index < -0.39 is 0 Å². The van der Waals surface area contributed by atoms with Gasteiger partial charge < -0.3 is 5.11 Å². The van der Waals surface area contributed by atoms with Crippen LogP contribution in [0.2, 0.25) is 0 Å². The van der Waals surface area contributed by atoms with Crippen LogP contribution < -0.4 is 0 Å². The number of hydrogen-bond donors (Lipinski definition) is 1. The Morgan fingerprint density at radius 1 is 1.46 bits per heavy atom. The van der Waals surface area contributed by atoms with E-state index in [2.05, 4.69) is 0 Å². The van der Waals surface area contributed by atoms with E-state index in [4.69, 9.17) is 0 Å². The van der Waals surface area contributed by atoms with Gasteiger partial charge in [0.1, 0.15) is 5.82 Å². The van der Waals surface area contributed by atoms with Crippen molar-refractivity contribution in [2.75, 3.05) is 0 Å². The zero-order valence-electron chi connectivity index (χ0n) is 7.57. The Morgan fingerprint density at radius 2 is 2.15 bits per heavy atom. The van der Waals surface area contributed by atoms with Crippen LogP contribution in [0, 0.1) is 11.7 Å². The van der Waals surface area contributed by atoms with E-state index in [1.165, 1.54) is 6.07 Å². The average molecular weight is 180 g/mol. The molecule has 0 aliphatic heterocycles. The molecule has 0 aromatic heterocycles. The summed E-state index contributed by atoms with van der Waals surface area (Å²) in [5.41, 5.74) is 0.758. The van der Waals surface area contributed by atoms with E-state index in [1.54, 1.807) is 13.0 Å². The molecule has 1 nitrogen and oxygen atoms in total. The van der Waals surface area contributed by atoms with Crippen LogP contribution in [0.1, 0.15) is 24.8 Å². The SMILES string of the molecule is C[C@H](O)[C@H]1C[C@@H]1c1ccccc1F. The highest BCUT2D eigenvalue weighted by atomic mass is 19.1. The summed E-state index contributed by atoms with van der Waals surface area (Å²) in [6.07, 6.45) is 0.600. The van der Waals surface area contributed by atoms with Crippen molar-refractivity contribution < 1.29 is 9.50 Å². The normalized spacial score (nSPS) is 28.5. The monoisotopic (exact) mass is 180 g/mol. The van der Waals surface area contributed by atoms with Gasteiger partial charge in [-0.25, -0.2) is 4.39 Å². The molecule has 13 heavy (non-hydrogen) atoms. The standard InChI is InChI=1S/C11H13FO/c1-7(13)9-6-10(9)8-4-2-3-5-11(8)12/h2-5,7,9-10,13H,6H2,1H3/t7-,9+,10+/m0/s1. The second kappa shape index (κ2) is 3.11. The van der Waals surface area contributed by atoms with Crippen LogP contribution in [0.5, 0.6) is 0 Å². The zero-order valence-corrected chi connectivity index (χ0v) is 7.57. The minimum Gasteiger partial charge on any atom is -0.393 e. The predicted molar refractivity (Wildman–Crippen MR) is 48.9 cm³/mol. The molecule has 1 saturated carbocycles. The maximum Gasteiger partial charge on any atom is 0.126 e. The molecular weight excluding hydrogens is 167 g/mol. The Morgan fingerprint density at radius 3 is 2.69 bits per heavy atom. The van der Waals surface area contributed by atoms with E-state index >= 15 is 0 Å². The molecule has 2 rings (SSSR count). The largest absolute Gasteiger partial charge is 0.393 e. The molecule has 0 spiro atoms. The third-order valence-electron chi connectivity index (χ3n) is 2.76. The number of hydrogen-bond acceptors (Lipinski definition) is 1. The third-order valence-corrected chi connectivity index (χ3v) is 2.76. The van der Waals surface area contributed by atoms with Gasteiger partial charge in [-0.05, 0) is 36.8 Å². The van der Waals surface area contributed by atoms with Crippen molar-refractivity contribution >= 4 is 0 Å². The van der Waals surface area contributed by atoms with Crippen LogP contribution in [0.15, 0.2) is 24.3 Å². The van der Waals surface area contributed by atoms with Crippen LogP contribution in [0.3, 0.4) is 0 Å². The summed E-state index contributed by atoms with van der Waals surface area (Å²) < 4.78 is 13.2. The van der Waals surface area contributed by atoms with Gasteiger partial charge >= 0.3 is 0 Å². The first-order valence-corrected chi connectivity index (χ1v) is 4.62. The molecule has 2 heteroatoms. The van der Waals surface area contributed by atoms with E-state index in [1.807, 2.05) is 12.1 Å². The second-order valence-corrected chi connectivity index (χ2v) is 3.77. The Kier molecular flexibility index (Phi) is 2.08. The van der Waals surface area contributed by atoms with Crippen LogP contribution >= 0.6 is 0 Å². The van der Waals surface area contributed by atoms with Crippen LogP contribution in [0.4, 0.5) is 4.39 Å². The third kappa shape index (κ3) is 1.59. The second-order valence-electron chi connectivity index (χ2n) is 3.77. The van der Waals surface area contributed by atoms with Gasteiger partial charge in [-0.2, -0.15) is 0 Å². The molecule has 0 heterocycles. The van der Waals surface area contributed by atoms with Crippen LogP contribution in [0.25, 0.3) is 0 Å². The molecule has 1 aliphatic carbocycles. The highest BCUT2D eigenvalue weighted by Crippen LogP contribution is 2.49. The van der Waals surface area contributed by atoms with E-state index in [0.717, 1.165) is 12.0 Å². The summed E-state index contributed by atoms with van der Waals surface area (Å²) in [5, 5.41) is 9.29. The van der Waals surface area contributed by atoms with E-state index in [9.17, 15) is 9.50 Å². The molecule has 0 unspecified atom stereocenters. The molecule has 0 bridgehead atoms. The van der Waals surface area contributed by atoms with Gasteiger partial charge in [0.05, 0.1) is 6.10 Å². The maximum atomic E-state index is 13.2. The Labute approximate surface area is 77.2 Å². The summed E-state index contributed by atoms with van der Waals surface area (Å²) in [6.45, 7) is 1.77. The fourth-order valence-electron chi connectivity index (χ4n) is 1.88. The number of benzene rings is 1. The lowest BCUT2D eigenvalue weighted by Gasteiger charge is -2.03. The zero-order chi connectivity index (χ0) is 9.42. The topological polar surface area (TPSA) is 20.2 Å². The lowest BCUT2D eigenvalue weighted by Crippen LogP contribution is -2.04. The summed E-state index contributed by atoms with van der Waals surface area (Å²) >= 11 is 0. The summed E-state index contributed by atoms with van der Waals surface area (Å²) in [7, 11) is 0. The van der Waals surface area contributed by atoms with Gasteiger partial charge in [0.25, 0.3) is 0 Å². The van der Waals surface area contributed by atoms with Crippen molar-refractivity contribution in [3.8, 4) is 0 Å². The molecule has 0 amide bonds. The lowest BCUT2D eigenvalue weighted by molar-refractivity contribution is 0.168. The number of aliphatic hydroxyl groups is 1. The van der Waals surface area contributed by atoms with Crippen molar-refractivity contribution in [1.82, 2.24) is 0 Å². The minimum absolute atomic E-state index is 0.143. The molecule has 1 aliphatic rings. The first-order valence-electron chi connectivity index (χ1n) is 4.62. The fraction of sp³-hybridized carbons (Fsp3) is 0.455. The van der Waals surface area contributed by atoms with Gasteiger partial charge in [0, 0.05) is 0 Å². The number of rotatable bonds is 2. The molecule has 1 aromatic carbocycles. The number of halogens is 1. The quantitative estimate of drug-likeness (QED) is 0.740. The van der Waals surface area contributed by atoms with Crippen LogP contribution in [-0.2, 0) is 0 Å². The summed E-state index contributed by atoms with van der Waals surface area (Å²) in [6, 6.07) is 6.82. The van der Waals surface area contributed by atoms with Crippen molar-refractivity contribution in [3.63, 3.8) is 0 Å². The predicted octanol–water partition coefficient (Wildman–Crippen LogP) is 2.31. The highest BCUT2D eigenvalue weighted by molar-refractivity contribution is 5.27. The first-order chi connectivity index (χ1) is 6.20. The molecule has 0 radical (unpaired) electrons.